The highest BCUT2D eigenvalue weighted by Gasteiger charge is 2.47. The quantitative estimate of drug-likeness (QED) is 0.574. The van der Waals surface area contributed by atoms with Gasteiger partial charge in [-0.15, -0.1) is 0 Å². The molecule has 1 aliphatic rings. The van der Waals surface area contributed by atoms with Crippen molar-refractivity contribution in [2.24, 2.45) is 0 Å². The third-order valence-corrected chi connectivity index (χ3v) is 2.80. The van der Waals surface area contributed by atoms with Crippen molar-refractivity contribution < 1.29 is 14.9 Å². The molecule has 1 aliphatic heterocycles. The van der Waals surface area contributed by atoms with Gasteiger partial charge in [-0.25, -0.2) is 4.79 Å². The fraction of sp³-hybridized carbons (Fsp3) is 0.500. The normalized spacial score (nSPS) is 31.2. The standard InChI is InChI=1S/C10H12N4O4/c11-4-10(5-15)3-6(16)8(18-10)14-2-1-7(12)13-9(14)17/h1-2,6,8,15-16H,3,5H2,(H2,12,13,17)/t6-,8-,10-/m1/s1. The van der Waals surface area contributed by atoms with Crippen LogP contribution in [0, 0.1) is 11.3 Å². The molecule has 0 unspecified atom stereocenters. The van der Waals surface area contributed by atoms with Crippen molar-refractivity contribution in [2.75, 3.05) is 12.3 Å². The van der Waals surface area contributed by atoms with Gasteiger partial charge in [0.05, 0.1) is 6.61 Å². The summed E-state index contributed by atoms with van der Waals surface area (Å²) in [5.41, 5.74) is 3.16. The van der Waals surface area contributed by atoms with Crippen LogP contribution in [0.5, 0.6) is 0 Å². The molecular formula is C10H12N4O4. The Morgan fingerprint density at radius 2 is 2.50 bits per heavy atom. The summed E-state index contributed by atoms with van der Waals surface area (Å²) in [6.07, 6.45) is -0.900. The van der Waals surface area contributed by atoms with Crippen LogP contribution in [-0.2, 0) is 4.74 Å². The minimum Gasteiger partial charge on any atom is -0.392 e. The predicted molar refractivity (Wildman–Crippen MR) is 59.1 cm³/mol. The highest BCUT2D eigenvalue weighted by Crippen LogP contribution is 2.35. The van der Waals surface area contributed by atoms with Crippen LogP contribution >= 0.6 is 0 Å². The number of ether oxygens (including phenoxy) is 1. The minimum atomic E-state index is -1.50. The molecule has 0 amide bonds. The van der Waals surface area contributed by atoms with Crippen molar-refractivity contribution in [2.45, 2.75) is 24.4 Å². The fourth-order valence-electron chi connectivity index (χ4n) is 1.87. The number of aliphatic hydroxyl groups excluding tert-OH is 2. The van der Waals surface area contributed by atoms with Gasteiger partial charge in [-0.3, -0.25) is 4.57 Å². The lowest BCUT2D eigenvalue weighted by molar-refractivity contribution is -0.0833. The number of nitriles is 1. The summed E-state index contributed by atoms with van der Waals surface area (Å²) in [4.78, 5) is 15.1. The van der Waals surface area contributed by atoms with Crippen molar-refractivity contribution >= 4 is 5.82 Å². The van der Waals surface area contributed by atoms with E-state index in [4.69, 9.17) is 20.8 Å². The fourth-order valence-corrected chi connectivity index (χ4v) is 1.87. The molecule has 8 heteroatoms. The Balaban J connectivity index is 2.36. The highest BCUT2D eigenvalue weighted by atomic mass is 16.6. The summed E-state index contributed by atoms with van der Waals surface area (Å²) in [5.74, 6) is 0.0532. The van der Waals surface area contributed by atoms with Crippen molar-refractivity contribution in [3.8, 4) is 6.07 Å². The number of anilines is 1. The zero-order valence-corrected chi connectivity index (χ0v) is 9.35. The van der Waals surface area contributed by atoms with E-state index in [0.29, 0.717) is 0 Å². The summed E-state index contributed by atoms with van der Waals surface area (Å²) in [6, 6.07) is 3.17. The van der Waals surface area contributed by atoms with E-state index in [1.807, 2.05) is 0 Å². The maximum Gasteiger partial charge on any atom is 0.351 e. The van der Waals surface area contributed by atoms with Gasteiger partial charge >= 0.3 is 5.69 Å². The molecule has 2 heterocycles. The van der Waals surface area contributed by atoms with Crippen LogP contribution in [0.1, 0.15) is 12.6 Å². The number of aliphatic hydroxyl groups is 2. The molecule has 1 saturated heterocycles. The van der Waals surface area contributed by atoms with Crippen LogP contribution < -0.4 is 11.4 Å². The lowest BCUT2D eigenvalue weighted by Gasteiger charge is -2.19. The Bertz CT molecular complexity index is 552. The second kappa shape index (κ2) is 4.38. The predicted octanol–water partition coefficient (Wildman–Crippen LogP) is -1.64. The molecule has 0 saturated carbocycles. The minimum absolute atomic E-state index is 0.0532. The monoisotopic (exact) mass is 252 g/mol. The number of nitrogens with two attached hydrogens (primary N) is 1. The molecule has 1 fully saturated rings. The summed E-state index contributed by atoms with van der Waals surface area (Å²) < 4.78 is 6.32. The van der Waals surface area contributed by atoms with Crippen molar-refractivity contribution in [3.05, 3.63) is 22.7 Å². The van der Waals surface area contributed by atoms with Gasteiger partial charge in [-0.2, -0.15) is 10.2 Å². The summed E-state index contributed by atoms with van der Waals surface area (Å²) in [7, 11) is 0. The second-order valence-electron chi connectivity index (χ2n) is 4.09. The number of hydrogen-bond acceptors (Lipinski definition) is 7. The Labute approximate surface area is 102 Å². The summed E-state index contributed by atoms with van der Waals surface area (Å²) in [6.45, 7) is -0.561. The Hall–Kier alpha value is -1.95. The maximum atomic E-state index is 11.6. The Morgan fingerprint density at radius 1 is 1.78 bits per heavy atom. The average molecular weight is 252 g/mol. The van der Waals surface area contributed by atoms with Gasteiger partial charge in [0.25, 0.3) is 0 Å². The third kappa shape index (κ3) is 1.95. The van der Waals surface area contributed by atoms with Gasteiger partial charge in [0, 0.05) is 12.6 Å². The van der Waals surface area contributed by atoms with E-state index in [2.05, 4.69) is 4.98 Å². The number of nitrogens with zero attached hydrogens (tertiary/aromatic N) is 3. The maximum absolute atomic E-state index is 11.6. The molecule has 0 bridgehead atoms. The van der Waals surface area contributed by atoms with Gasteiger partial charge in [-0.1, -0.05) is 0 Å². The molecule has 1 aromatic rings. The summed E-state index contributed by atoms with van der Waals surface area (Å²) >= 11 is 0. The lowest BCUT2D eigenvalue weighted by atomic mass is 10.0. The molecule has 4 N–H and O–H groups in total. The van der Waals surface area contributed by atoms with Gasteiger partial charge in [0.2, 0.25) is 0 Å². The van der Waals surface area contributed by atoms with Crippen molar-refractivity contribution in [3.63, 3.8) is 0 Å². The average Bonchev–Trinajstić information content (AvgIpc) is 2.67. The first-order chi connectivity index (χ1) is 8.51. The summed E-state index contributed by atoms with van der Waals surface area (Å²) in [5, 5.41) is 27.9. The largest absolute Gasteiger partial charge is 0.392 e. The molecule has 2 rings (SSSR count). The topological polar surface area (TPSA) is 134 Å². The highest BCUT2D eigenvalue weighted by molar-refractivity contribution is 5.23. The van der Waals surface area contributed by atoms with Crippen LogP contribution in [0.3, 0.4) is 0 Å². The lowest BCUT2D eigenvalue weighted by Crippen LogP contribution is -2.34. The number of nitrogen functional groups attached to an aromatic ring is 1. The van der Waals surface area contributed by atoms with Crippen LogP contribution in [-0.4, -0.2) is 38.1 Å². The number of rotatable bonds is 2. The molecule has 3 atom stereocenters. The zero-order chi connectivity index (χ0) is 13.3. The van der Waals surface area contributed by atoms with E-state index >= 15 is 0 Å². The Morgan fingerprint density at radius 3 is 3.00 bits per heavy atom. The van der Waals surface area contributed by atoms with E-state index in [0.717, 1.165) is 4.57 Å². The molecule has 0 aliphatic carbocycles. The smallest absolute Gasteiger partial charge is 0.351 e. The zero-order valence-electron chi connectivity index (χ0n) is 9.35. The first kappa shape index (κ1) is 12.5. The molecule has 1 aromatic heterocycles. The first-order valence-electron chi connectivity index (χ1n) is 5.24. The van der Waals surface area contributed by atoms with E-state index in [-0.39, 0.29) is 12.2 Å². The van der Waals surface area contributed by atoms with Crippen LogP contribution in [0.25, 0.3) is 0 Å². The molecule has 0 spiro atoms. The van der Waals surface area contributed by atoms with E-state index < -0.39 is 30.2 Å². The SMILES string of the molecule is N#C[C@@]1(CO)C[C@@H](O)[C@H](n2ccc(N)nc2=O)O1. The van der Waals surface area contributed by atoms with Gasteiger partial charge < -0.3 is 20.7 Å². The Kier molecular flexibility index (Phi) is 3.04. The molecule has 18 heavy (non-hydrogen) atoms. The molecule has 0 radical (unpaired) electrons. The van der Waals surface area contributed by atoms with E-state index in [1.165, 1.54) is 12.3 Å². The number of aromatic nitrogens is 2. The van der Waals surface area contributed by atoms with Crippen LogP contribution in [0.4, 0.5) is 5.82 Å². The molecular weight excluding hydrogens is 240 g/mol. The molecule has 96 valence electrons. The first-order valence-corrected chi connectivity index (χ1v) is 5.24. The van der Waals surface area contributed by atoms with Gasteiger partial charge in [0.15, 0.2) is 11.8 Å². The number of hydrogen-bond donors (Lipinski definition) is 3. The van der Waals surface area contributed by atoms with Crippen LogP contribution in [0.2, 0.25) is 0 Å². The molecule has 8 nitrogen and oxygen atoms in total. The van der Waals surface area contributed by atoms with Crippen molar-refractivity contribution in [1.29, 1.82) is 5.26 Å². The van der Waals surface area contributed by atoms with E-state index in [1.54, 1.807) is 6.07 Å². The second-order valence-corrected chi connectivity index (χ2v) is 4.09. The van der Waals surface area contributed by atoms with Gasteiger partial charge in [0.1, 0.15) is 18.0 Å². The molecule has 0 aromatic carbocycles. The van der Waals surface area contributed by atoms with Crippen LogP contribution in [0.15, 0.2) is 17.1 Å². The van der Waals surface area contributed by atoms with Gasteiger partial charge in [-0.05, 0) is 6.07 Å². The third-order valence-electron chi connectivity index (χ3n) is 2.80. The van der Waals surface area contributed by atoms with Crippen molar-refractivity contribution in [1.82, 2.24) is 9.55 Å². The van der Waals surface area contributed by atoms with E-state index in [9.17, 15) is 9.90 Å².